The molecule has 4 atom stereocenters. The second kappa shape index (κ2) is 20.3. The molecule has 2 fully saturated rings. The maximum Gasteiger partial charge on any atom is 0.514 e. The molecule has 0 N–H and O–H groups in total. The Hall–Kier alpha value is -5.54. The van der Waals surface area contributed by atoms with Crippen molar-refractivity contribution in [1.29, 1.82) is 0 Å². The van der Waals surface area contributed by atoms with Crippen LogP contribution in [-0.2, 0) is 42.7 Å². The van der Waals surface area contributed by atoms with Crippen LogP contribution in [-0.4, -0.2) is 93.5 Å². The Balaban J connectivity index is 1.13. The average Bonchev–Trinajstić information content (AvgIpc) is 3.74. The van der Waals surface area contributed by atoms with Gasteiger partial charge >= 0.3 is 30.2 Å². The Kier molecular flexibility index (Phi) is 15.4. The maximum atomic E-state index is 12.9. The highest BCUT2D eigenvalue weighted by molar-refractivity contribution is 5.97. The van der Waals surface area contributed by atoms with Crippen molar-refractivity contribution in [3.63, 3.8) is 0 Å². The Bertz CT molecular complexity index is 1570. The van der Waals surface area contributed by atoms with Crippen molar-refractivity contribution in [2.24, 2.45) is 0 Å². The van der Waals surface area contributed by atoms with E-state index in [4.69, 9.17) is 42.6 Å². The second-order valence-electron chi connectivity index (χ2n) is 11.5. The van der Waals surface area contributed by atoms with E-state index in [1.807, 2.05) is 0 Å². The van der Waals surface area contributed by atoms with Crippen LogP contribution in [0.2, 0.25) is 0 Å². The minimum atomic E-state index is -1.02. The molecule has 0 bridgehead atoms. The summed E-state index contributed by atoms with van der Waals surface area (Å²) in [6.45, 7) is 7.16. The Morgan fingerprint density at radius 1 is 0.596 bits per heavy atom. The predicted octanol–water partition coefficient (Wildman–Crippen LogP) is 5.09. The summed E-state index contributed by atoms with van der Waals surface area (Å²) in [5, 5.41) is 0. The molecule has 15 heteroatoms. The molecule has 2 aromatic rings. The highest BCUT2D eigenvalue weighted by Crippen LogP contribution is 2.31. The van der Waals surface area contributed by atoms with Gasteiger partial charge in [-0.25, -0.2) is 24.0 Å². The van der Waals surface area contributed by atoms with Crippen LogP contribution in [0.4, 0.5) is 9.59 Å². The first-order valence-corrected chi connectivity index (χ1v) is 16.7. The lowest BCUT2D eigenvalue weighted by Gasteiger charge is -2.17. The van der Waals surface area contributed by atoms with E-state index in [1.54, 1.807) is 12.1 Å². The number of hydrogen-bond acceptors (Lipinski definition) is 15. The van der Waals surface area contributed by atoms with Crippen LogP contribution >= 0.6 is 0 Å². The second-order valence-corrected chi connectivity index (χ2v) is 11.5. The zero-order valence-electron chi connectivity index (χ0n) is 28.4. The van der Waals surface area contributed by atoms with Crippen molar-refractivity contribution in [3.05, 3.63) is 85.0 Å². The third-order valence-electron chi connectivity index (χ3n) is 7.77. The number of fused-ring (bicyclic) bond motifs is 1. The number of carbonyl (C=O) groups is 6. The van der Waals surface area contributed by atoms with Gasteiger partial charge in [0, 0.05) is 24.1 Å². The van der Waals surface area contributed by atoms with Crippen molar-refractivity contribution in [2.45, 2.75) is 62.9 Å². The molecule has 278 valence electrons. The fourth-order valence-corrected chi connectivity index (χ4v) is 5.11. The van der Waals surface area contributed by atoms with Crippen LogP contribution in [0.5, 0.6) is 11.5 Å². The lowest BCUT2D eigenvalue weighted by Crippen LogP contribution is -2.36. The number of Topliss-reactive ketones (excluding diaryl/α,β-unsaturated/α-hetero) is 1. The van der Waals surface area contributed by atoms with Gasteiger partial charge in [0.05, 0.1) is 38.6 Å². The van der Waals surface area contributed by atoms with Crippen molar-refractivity contribution in [1.82, 2.24) is 0 Å². The van der Waals surface area contributed by atoms with Crippen molar-refractivity contribution < 1.29 is 71.4 Å². The molecule has 4 rings (SSSR count). The number of ketones is 1. The fraction of sp³-hybridized carbons (Fsp3) is 0.405. The standard InChI is InChI=1S/C37H40O15/c1-3-31(39)44-19-7-5-6-10-28(38)24-11-13-25(14-12-24)35(41)51-29-22-47-34-30(23-48-33(29)34)52-37(43)50-27-17-15-26(16-18-27)49-36(42)46-21-9-8-20-45-32(40)4-2/h3-4,11-18,29-30,33-34H,1-2,5-10,19-23H2. The van der Waals surface area contributed by atoms with Crippen LogP contribution < -0.4 is 9.47 Å². The van der Waals surface area contributed by atoms with Crippen LogP contribution in [0.25, 0.3) is 0 Å². The molecule has 0 saturated carbocycles. The van der Waals surface area contributed by atoms with Gasteiger partial charge in [0.1, 0.15) is 23.7 Å². The van der Waals surface area contributed by atoms with Crippen molar-refractivity contribution in [2.75, 3.05) is 33.0 Å². The molecule has 2 heterocycles. The Morgan fingerprint density at radius 2 is 1.08 bits per heavy atom. The van der Waals surface area contributed by atoms with Crippen LogP contribution in [0.3, 0.4) is 0 Å². The number of ether oxygens (including phenoxy) is 9. The molecule has 0 aliphatic carbocycles. The summed E-state index contributed by atoms with van der Waals surface area (Å²) in [5.74, 6) is -1.43. The highest BCUT2D eigenvalue weighted by Gasteiger charge is 2.51. The van der Waals surface area contributed by atoms with Gasteiger partial charge in [-0.2, -0.15) is 0 Å². The maximum absolute atomic E-state index is 12.9. The molecule has 52 heavy (non-hydrogen) atoms. The lowest BCUT2D eigenvalue weighted by atomic mass is 10.0. The molecular formula is C37H40O15. The summed E-state index contributed by atoms with van der Waals surface area (Å²) >= 11 is 0. The van der Waals surface area contributed by atoms with Gasteiger partial charge in [-0.05, 0) is 68.5 Å². The van der Waals surface area contributed by atoms with Gasteiger partial charge in [0.15, 0.2) is 18.0 Å². The molecule has 4 unspecified atom stereocenters. The zero-order valence-corrected chi connectivity index (χ0v) is 28.4. The van der Waals surface area contributed by atoms with Gasteiger partial charge in [0.2, 0.25) is 0 Å². The summed E-state index contributed by atoms with van der Waals surface area (Å²) in [4.78, 5) is 71.8. The topological polar surface area (TPSA) is 185 Å². The van der Waals surface area contributed by atoms with E-state index in [9.17, 15) is 28.8 Å². The van der Waals surface area contributed by atoms with Crippen LogP contribution in [0.15, 0.2) is 73.8 Å². The molecule has 2 aromatic carbocycles. The molecule has 2 aliphatic heterocycles. The SMILES string of the molecule is C=CC(=O)OCCCCCC(=O)c1ccc(C(=O)OC2COC3C(OC(=O)Oc4ccc(OC(=O)OCCCCOC(=O)C=C)cc4)COC23)cc1. The van der Waals surface area contributed by atoms with E-state index >= 15 is 0 Å². The molecule has 2 saturated heterocycles. The number of benzene rings is 2. The largest absolute Gasteiger partial charge is 0.514 e. The smallest absolute Gasteiger partial charge is 0.463 e. The first-order chi connectivity index (χ1) is 25.2. The molecule has 0 radical (unpaired) electrons. The van der Waals surface area contributed by atoms with Crippen LogP contribution in [0, 0.1) is 0 Å². The summed E-state index contributed by atoms with van der Waals surface area (Å²) in [6.07, 6.45) is 0.537. The average molecular weight is 725 g/mol. The van der Waals surface area contributed by atoms with E-state index in [0.29, 0.717) is 37.7 Å². The zero-order chi connectivity index (χ0) is 37.3. The minimum Gasteiger partial charge on any atom is -0.463 e. The normalized spacial score (nSPS) is 18.6. The van der Waals surface area contributed by atoms with Gasteiger partial charge < -0.3 is 42.6 Å². The number of rotatable bonds is 19. The molecule has 0 aromatic heterocycles. The van der Waals surface area contributed by atoms with E-state index in [-0.39, 0.29) is 55.9 Å². The predicted molar refractivity (Wildman–Crippen MR) is 179 cm³/mol. The molecule has 15 nitrogen and oxygen atoms in total. The van der Waals surface area contributed by atoms with E-state index in [1.165, 1.54) is 36.4 Å². The molecule has 2 aliphatic rings. The fourth-order valence-electron chi connectivity index (χ4n) is 5.11. The number of hydrogen-bond donors (Lipinski definition) is 0. The minimum absolute atomic E-state index is 0.00980. The third-order valence-corrected chi connectivity index (χ3v) is 7.77. The quantitative estimate of drug-likeness (QED) is 0.0465. The van der Waals surface area contributed by atoms with Crippen LogP contribution in [0.1, 0.15) is 59.2 Å². The lowest BCUT2D eigenvalue weighted by molar-refractivity contribution is -0.138. The highest BCUT2D eigenvalue weighted by atomic mass is 16.7. The molecule has 0 spiro atoms. The van der Waals surface area contributed by atoms with Gasteiger partial charge in [-0.1, -0.05) is 25.3 Å². The van der Waals surface area contributed by atoms with Gasteiger partial charge in [-0.3, -0.25) is 4.79 Å². The Morgan fingerprint density at radius 3 is 1.63 bits per heavy atom. The summed E-state index contributed by atoms with van der Waals surface area (Å²) in [6, 6.07) is 11.7. The number of esters is 3. The summed E-state index contributed by atoms with van der Waals surface area (Å²) in [5.41, 5.74) is 0.705. The molecule has 0 amide bonds. The first-order valence-electron chi connectivity index (χ1n) is 16.7. The van der Waals surface area contributed by atoms with E-state index < -0.39 is 54.6 Å². The number of carbonyl (C=O) groups excluding carboxylic acids is 6. The first kappa shape index (κ1) is 39.2. The number of unbranched alkanes of at least 4 members (excludes halogenated alkanes) is 3. The van der Waals surface area contributed by atoms with E-state index in [2.05, 4.69) is 13.2 Å². The monoisotopic (exact) mass is 724 g/mol. The third kappa shape index (κ3) is 12.3. The van der Waals surface area contributed by atoms with Crippen molar-refractivity contribution >= 4 is 36.0 Å². The van der Waals surface area contributed by atoms with Gasteiger partial charge in [0.25, 0.3) is 0 Å². The Labute approximate surface area is 299 Å². The van der Waals surface area contributed by atoms with E-state index in [0.717, 1.165) is 18.6 Å². The molecular weight excluding hydrogens is 684 g/mol. The van der Waals surface area contributed by atoms with Crippen molar-refractivity contribution in [3.8, 4) is 11.5 Å². The van der Waals surface area contributed by atoms with Gasteiger partial charge in [-0.15, -0.1) is 0 Å². The summed E-state index contributed by atoms with van der Waals surface area (Å²) < 4.78 is 47.5. The summed E-state index contributed by atoms with van der Waals surface area (Å²) in [7, 11) is 0.